The first-order chi connectivity index (χ1) is 47.3. The van der Waals surface area contributed by atoms with Crippen molar-refractivity contribution in [3.63, 3.8) is 0 Å². The van der Waals surface area contributed by atoms with Crippen molar-refractivity contribution in [1.82, 2.24) is 50.8 Å². The zero-order valence-corrected chi connectivity index (χ0v) is 64.1. The molecule has 24 heteroatoms. The molecule has 4 aromatic rings. The Kier molecular flexibility index (Phi) is 34.3. The van der Waals surface area contributed by atoms with Crippen molar-refractivity contribution in [1.29, 1.82) is 0 Å². The summed E-state index contributed by atoms with van der Waals surface area (Å²) >= 11 is 2.45. The van der Waals surface area contributed by atoms with Gasteiger partial charge in [0, 0.05) is 75.7 Å². The van der Waals surface area contributed by atoms with Crippen LogP contribution in [0.4, 0.5) is 0 Å². The molecular formula is C76H116N10O12S2. The molecule has 4 heterocycles. The molecule has 2 fully saturated rings. The van der Waals surface area contributed by atoms with E-state index in [-0.39, 0.29) is 102 Å². The summed E-state index contributed by atoms with van der Waals surface area (Å²) in [5.74, 6) is -3.81. The van der Waals surface area contributed by atoms with Crippen LogP contribution in [0.25, 0.3) is 0 Å². The quantitative estimate of drug-likeness (QED) is 0.0268. The number of rotatable bonds is 35. The minimum Gasteiger partial charge on any atom is -0.481 e. The van der Waals surface area contributed by atoms with Crippen LogP contribution < -0.4 is 21.3 Å². The van der Waals surface area contributed by atoms with Crippen molar-refractivity contribution < 1.29 is 57.7 Å². The number of ether oxygens (including phenoxy) is 2. The fourth-order valence-electron chi connectivity index (χ4n) is 13.3. The lowest BCUT2D eigenvalue weighted by Crippen LogP contribution is -2.58. The Balaban J connectivity index is 0.000000361. The zero-order chi connectivity index (χ0) is 74.1. The highest BCUT2D eigenvalue weighted by atomic mass is 32.1. The average Bonchev–Trinajstić information content (AvgIpc) is 1.44. The standard InChI is InChI=1S/C38H57N5O7S.C38H59N5O5S/c1-9-24(4)33(41-35(46)30-17-13-14-18-42(30)7)37(47)43(8)31(23(2)3)21-32(50-26(6)44)36-40-29(22-51-36)34(45)39-28(19-25(5)38(48)49)20-27-15-11-10-12-16-27;1-10-26(6)34(41-36(46)31-18-14-15-19-42(31)8)38(47)43(9)32(25(4)5)22-33(48-27(7)44)37-40-30(23-49-37)35(45)39-29(20-24(2)3)21-28-16-12-11-13-17-28/h10-12,15-16,22-25,28,30-33H,9,13-14,17-21H2,1-8H3,(H,39,45)(H,41,46)(H,48,49);11-13,16-17,23-26,29,31-34H,10,14-15,18-22H2,1-9H3,(H,39,45)(H,41,46)/t24?,25-,28+,30+,31+,32+,33-;26?,29-,31-,32-,33+,34+/m01/s1. The fraction of sp³-hybridized carbons (Fsp3) is 0.645. The molecule has 0 spiro atoms. The van der Waals surface area contributed by atoms with Crippen LogP contribution in [0, 0.1) is 35.5 Å². The number of hydrogen-bond acceptors (Lipinski definition) is 17. The summed E-state index contributed by atoms with van der Waals surface area (Å²) in [7, 11) is 7.38. The number of aromatic nitrogens is 2. The van der Waals surface area contributed by atoms with Crippen LogP contribution in [0.3, 0.4) is 0 Å². The molecule has 2 aliphatic rings. The van der Waals surface area contributed by atoms with E-state index < -0.39 is 66.1 Å². The van der Waals surface area contributed by atoms with E-state index in [1.807, 2.05) is 123 Å². The summed E-state index contributed by atoms with van der Waals surface area (Å²) < 4.78 is 11.6. The van der Waals surface area contributed by atoms with Crippen LogP contribution in [0.5, 0.6) is 0 Å². The Hall–Kier alpha value is -7.15. The summed E-state index contributed by atoms with van der Waals surface area (Å²) in [6, 6.07) is 16.5. The van der Waals surface area contributed by atoms with Gasteiger partial charge in [-0.2, -0.15) is 0 Å². The summed E-state index contributed by atoms with van der Waals surface area (Å²) in [6.45, 7) is 26.2. The second-order valence-corrected chi connectivity index (χ2v) is 30.7. The summed E-state index contributed by atoms with van der Waals surface area (Å²) in [5.41, 5.74) is 2.52. The van der Waals surface area contributed by atoms with E-state index >= 15 is 0 Å². The highest BCUT2D eigenvalue weighted by Crippen LogP contribution is 2.34. The van der Waals surface area contributed by atoms with Gasteiger partial charge in [0.15, 0.2) is 12.2 Å². The summed E-state index contributed by atoms with van der Waals surface area (Å²) in [4.78, 5) is 135. The van der Waals surface area contributed by atoms with Gasteiger partial charge in [-0.1, -0.05) is 163 Å². The van der Waals surface area contributed by atoms with E-state index in [4.69, 9.17) is 9.47 Å². The Morgan fingerprint density at radius 3 is 1.24 bits per heavy atom. The Morgan fingerprint density at radius 2 is 0.920 bits per heavy atom. The molecule has 0 radical (unpaired) electrons. The molecule has 100 heavy (non-hydrogen) atoms. The number of thiazole rings is 2. The molecule has 2 aromatic carbocycles. The van der Waals surface area contributed by atoms with Gasteiger partial charge in [0.2, 0.25) is 23.6 Å². The Morgan fingerprint density at radius 1 is 0.550 bits per heavy atom. The minimum absolute atomic E-state index is 0.00211. The third-order valence-electron chi connectivity index (χ3n) is 19.7. The first-order valence-corrected chi connectivity index (χ1v) is 37.8. The Bertz CT molecular complexity index is 3260. The molecule has 5 N–H and O–H groups in total. The van der Waals surface area contributed by atoms with Crippen molar-refractivity contribution in [3.05, 3.63) is 104 Å². The SMILES string of the molecule is CCC(C)[C@H](NC(=O)[C@H]1CCCCN1C)C(=O)N(C)[C@H](C[C@@H](OC(C)=O)c1nc(C(=O)N[C@@H](Cc2ccccc2)C[C@H](C)C(=O)O)cs1)C(C)C.CCC(C)[C@H](NC(=O)[C@H]1CCCCN1C)C(=O)N(C)[C@H](C[C@H](OC(C)=O)c1nc(C(=O)N[C@@H](Cc2ccccc2)CC(C)C)cs1)C(C)C. The van der Waals surface area contributed by atoms with Crippen LogP contribution in [-0.2, 0) is 55.9 Å². The molecule has 22 nitrogen and oxygen atoms in total. The van der Waals surface area contributed by atoms with Crippen molar-refractivity contribution >= 4 is 76.0 Å². The second kappa shape index (κ2) is 41.1. The zero-order valence-electron chi connectivity index (χ0n) is 62.4. The molecule has 2 saturated heterocycles. The van der Waals surface area contributed by atoms with E-state index in [0.29, 0.717) is 41.6 Å². The van der Waals surface area contributed by atoms with Gasteiger partial charge in [-0.3, -0.25) is 53.0 Å². The maximum Gasteiger partial charge on any atom is 0.306 e. The molecule has 6 amide bonds. The van der Waals surface area contributed by atoms with E-state index in [2.05, 4.69) is 62.1 Å². The first-order valence-electron chi connectivity index (χ1n) is 36.1. The van der Waals surface area contributed by atoms with Gasteiger partial charge < -0.3 is 45.6 Å². The number of carboxylic acids is 1. The normalized spacial score (nSPS) is 18.4. The lowest BCUT2D eigenvalue weighted by atomic mass is 9.92. The number of carboxylic acid groups (broad SMARTS) is 1. The summed E-state index contributed by atoms with van der Waals surface area (Å²) in [5, 5.41) is 26.1. The molecule has 2 unspecified atom stereocenters. The van der Waals surface area contributed by atoms with E-state index in [1.54, 1.807) is 41.6 Å². The number of benzene rings is 2. The molecule has 554 valence electrons. The molecule has 0 bridgehead atoms. The van der Waals surface area contributed by atoms with E-state index in [0.717, 1.165) is 75.6 Å². The molecule has 2 aliphatic heterocycles. The number of hydrogen-bond donors (Lipinski definition) is 5. The number of aliphatic carboxylic acids is 1. The number of piperidine rings is 2. The van der Waals surface area contributed by atoms with Gasteiger partial charge in [-0.15, -0.1) is 22.7 Å². The molecule has 0 saturated carbocycles. The molecule has 13 atom stereocenters. The third-order valence-corrected chi connectivity index (χ3v) is 21.5. The number of esters is 2. The van der Waals surface area contributed by atoms with E-state index in [9.17, 15) is 48.3 Å². The number of likely N-dealkylation sites (N-methyl/N-ethyl adjacent to an activating group) is 4. The minimum atomic E-state index is -0.944. The summed E-state index contributed by atoms with van der Waals surface area (Å²) in [6.07, 6.45) is 8.15. The van der Waals surface area contributed by atoms with Crippen LogP contribution in [-0.4, -0.2) is 178 Å². The fourth-order valence-corrected chi connectivity index (χ4v) is 15.0. The van der Waals surface area contributed by atoms with Gasteiger partial charge in [-0.05, 0) is 119 Å². The number of carbonyl (C=O) groups is 9. The molecular weight excluding hydrogens is 1310 g/mol. The molecule has 6 rings (SSSR count). The van der Waals surface area contributed by atoms with Crippen LogP contribution in [0.2, 0.25) is 0 Å². The smallest absolute Gasteiger partial charge is 0.306 e. The number of carbonyl (C=O) groups excluding carboxylic acids is 8. The number of nitrogens with one attached hydrogen (secondary N) is 4. The van der Waals surface area contributed by atoms with Gasteiger partial charge in [0.1, 0.15) is 33.5 Å². The average molecular weight is 1430 g/mol. The van der Waals surface area contributed by atoms with Crippen molar-refractivity contribution in [2.45, 2.75) is 240 Å². The van der Waals surface area contributed by atoms with Crippen molar-refractivity contribution in [3.8, 4) is 0 Å². The Labute approximate surface area is 602 Å². The highest BCUT2D eigenvalue weighted by Gasteiger charge is 2.40. The molecule has 0 aliphatic carbocycles. The van der Waals surface area contributed by atoms with Crippen molar-refractivity contribution in [2.75, 3.05) is 41.3 Å². The predicted molar refractivity (Wildman–Crippen MR) is 392 cm³/mol. The van der Waals surface area contributed by atoms with Crippen molar-refractivity contribution in [2.24, 2.45) is 35.5 Å². The van der Waals surface area contributed by atoms with Gasteiger partial charge in [0.05, 0.1) is 18.0 Å². The van der Waals surface area contributed by atoms with Gasteiger partial charge >= 0.3 is 17.9 Å². The lowest BCUT2D eigenvalue weighted by Gasteiger charge is -2.38. The van der Waals surface area contributed by atoms with Gasteiger partial charge in [-0.25, -0.2) is 9.97 Å². The van der Waals surface area contributed by atoms with Crippen LogP contribution in [0.1, 0.15) is 221 Å². The van der Waals surface area contributed by atoms with Crippen LogP contribution in [0.15, 0.2) is 71.4 Å². The lowest BCUT2D eigenvalue weighted by molar-refractivity contribution is -0.150. The topological polar surface area (TPSA) is 279 Å². The number of nitrogens with zero attached hydrogens (tertiary/aromatic N) is 6. The predicted octanol–water partition coefficient (Wildman–Crippen LogP) is 11.1. The number of likely N-dealkylation sites (tertiary alicyclic amines) is 2. The maximum atomic E-state index is 14.2. The monoisotopic (exact) mass is 1420 g/mol. The first kappa shape index (κ1) is 83.5. The van der Waals surface area contributed by atoms with Crippen LogP contribution >= 0.6 is 22.7 Å². The third kappa shape index (κ3) is 25.7. The van der Waals surface area contributed by atoms with Gasteiger partial charge in [0.25, 0.3) is 11.8 Å². The largest absolute Gasteiger partial charge is 0.481 e. The second-order valence-electron chi connectivity index (χ2n) is 28.9. The van der Waals surface area contributed by atoms with E-state index in [1.165, 1.54) is 36.5 Å². The molecule has 2 aromatic heterocycles. The highest BCUT2D eigenvalue weighted by molar-refractivity contribution is 7.10. The maximum absolute atomic E-state index is 14.2. The number of amides is 6.